The summed E-state index contributed by atoms with van der Waals surface area (Å²) in [6, 6.07) is 7.68. The Hall–Kier alpha value is -0.930. The van der Waals surface area contributed by atoms with Crippen molar-refractivity contribution < 1.29 is 4.39 Å². The number of hydrogen-bond donors (Lipinski definition) is 1. The van der Waals surface area contributed by atoms with Crippen LogP contribution in [0, 0.1) is 5.82 Å². The third-order valence-corrected chi connectivity index (χ3v) is 4.36. The SMILES string of the molecule is CN(C1CCNC1)C1(c2ccc(F)cc2)CC1. The molecule has 3 heteroatoms. The Kier molecular flexibility index (Phi) is 2.68. The summed E-state index contributed by atoms with van der Waals surface area (Å²) in [7, 11) is 2.22. The van der Waals surface area contributed by atoms with Gasteiger partial charge in [-0.1, -0.05) is 12.1 Å². The minimum atomic E-state index is -0.144. The summed E-state index contributed by atoms with van der Waals surface area (Å²) in [6.07, 6.45) is 3.62. The van der Waals surface area contributed by atoms with Crippen molar-refractivity contribution in [2.45, 2.75) is 30.8 Å². The largest absolute Gasteiger partial charge is 0.315 e. The Labute approximate surface area is 102 Å². The highest BCUT2D eigenvalue weighted by molar-refractivity contribution is 5.31. The summed E-state index contributed by atoms with van der Waals surface area (Å²) in [4.78, 5) is 2.50. The van der Waals surface area contributed by atoms with Crippen LogP contribution in [0.5, 0.6) is 0 Å². The number of rotatable bonds is 3. The van der Waals surface area contributed by atoms with E-state index in [1.807, 2.05) is 12.1 Å². The van der Waals surface area contributed by atoms with Crippen LogP contribution in [-0.2, 0) is 5.54 Å². The van der Waals surface area contributed by atoms with Crippen molar-refractivity contribution in [1.82, 2.24) is 10.2 Å². The molecule has 1 aromatic rings. The summed E-state index contributed by atoms with van der Waals surface area (Å²) >= 11 is 0. The second-order valence-electron chi connectivity index (χ2n) is 5.30. The average Bonchev–Trinajstić information content (AvgIpc) is 2.97. The monoisotopic (exact) mass is 234 g/mol. The molecule has 2 nitrogen and oxygen atoms in total. The molecule has 3 rings (SSSR count). The zero-order valence-corrected chi connectivity index (χ0v) is 10.2. The molecule has 1 saturated carbocycles. The Balaban J connectivity index is 1.83. The Morgan fingerprint density at radius 3 is 2.53 bits per heavy atom. The molecule has 1 aliphatic carbocycles. The lowest BCUT2D eigenvalue weighted by Crippen LogP contribution is -2.41. The summed E-state index contributed by atoms with van der Waals surface area (Å²) in [5.41, 5.74) is 1.46. The lowest BCUT2D eigenvalue weighted by Gasteiger charge is -2.33. The van der Waals surface area contributed by atoms with Crippen molar-refractivity contribution in [2.24, 2.45) is 0 Å². The second kappa shape index (κ2) is 4.07. The molecule has 0 spiro atoms. The summed E-state index contributed by atoms with van der Waals surface area (Å²) in [6.45, 7) is 2.20. The molecular formula is C14H19FN2. The maximum atomic E-state index is 13.0. The predicted octanol–water partition coefficient (Wildman–Crippen LogP) is 2.11. The lowest BCUT2D eigenvalue weighted by molar-refractivity contribution is 0.164. The molecule has 1 saturated heterocycles. The minimum Gasteiger partial charge on any atom is -0.315 e. The van der Waals surface area contributed by atoms with Crippen molar-refractivity contribution in [3.05, 3.63) is 35.6 Å². The number of benzene rings is 1. The Bertz CT molecular complexity index is 391. The normalized spacial score (nSPS) is 26.4. The number of nitrogens with one attached hydrogen (secondary N) is 1. The van der Waals surface area contributed by atoms with E-state index in [9.17, 15) is 4.39 Å². The molecule has 1 unspecified atom stereocenters. The van der Waals surface area contributed by atoms with Gasteiger partial charge in [0.25, 0.3) is 0 Å². The van der Waals surface area contributed by atoms with Crippen molar-refractivity contribution >= 4 is 0 Å². The van der Waals surface area contributed by atoms with Crippen LogP contribution in [0.1, 0.15) is 24.8 Å². The van der Waals surface area contributed by atoms with Gasteiger partial charge in [-0.15, -0.1) is 0 Å². The summed E-state index contributed by atoms with van der Waals surface area (Å²) in [5, 5.41) is 3.41. The van der Waals surface area contributed by atoms with E-state index in [0.29, 0.717) is 6.04 Å². The molecular weight excluding hydrogens is 215 g/mol. The predicted molar refractivity (Wildman–Crippen MR) is 66.3 cm³/mol. The van der Waals surface area contributed by atoms with Gasteiger partial charge in [-0.05, 0) is 50.6 Å². The van der Waals surface area contributed by atoms with E-state index >= 15 is 0 Å². The highest BCUT2D eigenvalue weighted by atomic mass is 19.1. The van der Waals surface area contributed by atoms with Gasteiger partial charge in [-0.2, -0.15) is 0 Å². The van der Waals surface area contributed by atoms with Crippen LogP contribution in [0.25, 0.3) is 0 Å². The van der Waals surface area contributed by atoms with E-state index in [4.69, 9.17) is 0 Å². The third kappa shape index (κ3) is 1.87. The molecule has 0 amide bonds. The van der Waals surface area contributed by atoms with E-state index in [-0.39, 0.29) is 11.4 Å². The lowest BCUT2D eigenvalue weighted by atomic mass is 10.0. The quantitative estimate of drug-likeness (QED) is 0.861. The molecule has 0 bridgehead atoms. The molecule has 2 fully saturated rings. The van der Waals surface area contributed by atoms with Crippen LogP contribution < -0.4 is 5.32 Å². The first-order valence-corrected chi connectivity index (χ1v) is 6.42. The van der Waals surface area contributed by atoms with E-state index in [1.165, 1.54) is 24.8 Å². The standard InChI is InChI=1S/C14H19FN2/c1-17(13-6-9-16-10-13)14(7-8-14)11-2-4-12(15)5-3-11/h2-5,13,16H,6-10H2,1H3. The zero-order chi connectivity index (χ0) is 11.9. The fourth-order valence-corrected chi connectivity index (χ4v) is 3.04. The highest BCUT2D eigenvalue weighted by Gasteiger charge is 2.50. The van der Waals surface area contributed by atoms with E-state index in [1.54, 1.807) is 12.1 Å². The minimum absolute atomic E-state index is 0.144. The fraction of sp³-hybridized carbons (Fsp3) is 0.571. The van der Waals surface area contributed by atoms with Crippen LogP contribution >= 0.6 is 0 Å². The number of halogens is 1. The fourth-order valence-electron chi connectivity index (χ4n) is 3.04. The van der Waals surface area contributed by atoms with Gasteiger partial charge >= 0.3 is 0 Å². The highest BCUT2D eigenvalue weighted by Crippen LogP contribution is 2.51. The van der Waals surface area contributed by atoms with Gasteiger partial charge in [0.05, 0.1) is 0 Å². The molecule has 1 atom stereocenters. The zero-order valence-electron chi connectivity index (χ0n) is 10.2. The van der Waals surface area contributed by atoms with Gasteiger partial charge in [-0.25, -0.2) is 4.39 Å². The van der Waals surface area contributed by atoms with Gasteiger partial charge in [0.15, 0.2) is 0 Å². The van der Waals surface area contributed by atoms with Crippen molar-refractivity contribution in [3.63, 3.8) is 0 Å². The van der Waals surface area contributed by atoms with Crippen LogP contribution in [0.4, 0.5) is 4.39 Å². The van der Waals surface area contributed by atoms with Crippen LogP contribution in [0.2, 0.25) is 0 Å². The third-order valence-electron chi connectivity index (χ3n) is 4.36. The Morgan fingerprint density at radius 1 is 1.29 bits per heavy atom. The molecule has 2 aliphatic rings. The number of hydrogen-bond acceptors (Lipinski definition) is 2. The maximum Gasteiger partial charge on any atom is 0.123 e. The molecule has 0 aromatic heterocycles. The van der Waals surface area contributed by atoms with E-state index in [0.717, 1.165) is 13.1 Å². The molecule has 1 aromatic carbocycles. The summed E-state index contributed by atoms with van der Waals surface area (Å²) in [5.74, 6) is -0.144. The van der Waals surface area contributed by atoms with Crippen LogP contribution in [-0.4, -0.2) is 31.1 Å². The van der Waals surface area contributed by atoms with Crippen molar-refractivity contribution in [2.75, 3.05) is 20.1 Å². The Morgan fingerprint density at radius 2 is 2.00 bits per heavy atom. The van der Waals surface area contributed by atoms with Crippen molar-refractivity contribution in [1.29, 1.82) is 0 Å². The van der Waals surface area contributed by atoms with Gasteiger partial charge in [0, 0.05) is 18.1 Å². The smallest absolute Gasteiger partial charge is 0.123 e. The molecule has 0 radical (unpaired) electrons. The van der Waals surface area contributed by atoms with Gasteiger partial charge in [-0.3, -0.25) is 4.90 Å². The topological polar surface area (TPSA) is 15.3 Å². The summed E-state index contributed by atoms with van der Waals surface area (Å²) < 4.78 is 13.0. The first-order chi connectivity index (χ1) is 8.22. The van der Waals surface area contributed by atoms with E-state index < -0.39 is 0 Å². The molecule has 1 heterocycles. The number of nitrogens with zero attached hydrogens (tertiary/aromatic N) is 1. The van der Waals surface area contributed by atoms with Crippen molar-refractivity contribution in [3.8, 4) is 0 Å². The molecule has 17 heavy (non-hydrogen) atoms. The number of likely N-dealkylation sites (N-methyl/N-ethyl adjacent to an activating group) is 1. The first-order valence-electron chi connectivity index (χ1n) is 6.42. The van der Waals surface area contributed by atoms with E-state index in [2.05, 4.69) is 17.3 Å². The molecule has 1 aliphatic heterocycles. The van der Waals surface area contributed by atoms with Gasteiger partial charge < -0.3 is 5.32 Å². The van der Waals surface area contributed by atoms with Gasteiger partial charge in [0.1, 0.15) is 5.82 Å². The van der Waals surface area contributed by atoms with Gasteiger partial charge in [0.2, 0.25) is 0 Å². The van der Waals surface area contributed by atoms with Crippen LogP contribution in [0.3, 0.4) is 0 Å². The molecule has 1 N–H and O–H groups in total. The first kappa shape index (κ1) is 11.2. The maximum absolute atomic E-state index is 13.0. The molecule has 92 valence electrons. The van der Waals surface area contributed by atoms with Crippen LogP contribution in [0.15, 0.2) is 24.3 Å². The average molecular weight is 234 g/mol. The second-order valence-corrected chi connectivity index (χ2v) is 5.30.